The van der Waals surface area contributed by atoms with E-state index in [1.54, 1.807) is 17.4 Å². The Balaban J connectivity index is 1.92. The van der Waals surface area contributed by atoms with Crippen molar-refractivity contribution in [2.24, 2.45) is 5.84 Å². The molecule has 3 aromatic rings. The molecule has 3 N–H and O–H groups in total. The zero-order valence-electron chi connectivity index (χ0n) is 10.1. The topological polar surface area (TPSA) is 51.2 Å². The Morgan fingerprint density at radius 3 is 2.95 bits per heavy atom. The molecule has 0 aliphatic heterocycles. The van der Waals surface area contributed by atoms with Gasteiger partial charge in [-0.3, -0.25) is 5.84 Å². The van der Waals surface area contributed by atoms with E-state index < -0.39 is 0 Å². The second-order valence-corrected chi connectivity index (χ2v) is 5.37. The van der Waals surface area contributed by atoms with Gasteiger partial charge in [0.1, 0.15) is 17.2 Å². The summed E-state index contributed by atoms with van der Waals surface area (Å²) in [6.07, 6.45) is 0.746. The van der Waals surface area contributed by atoms with Gasteiger partial charge >= 0.3 is 0 Å². The van der Waals surface area contributed by atoms with E-state index in [2.05, 4.69) is 11.5 Å². The molecule has 2 heterocycles. The number of nitrogens with one attached hydrogen (secondary N) is 1. The van der Waals surface area contributed by atoms with Crippen LogP contribution in [0.1, 0.15) is 16.7 Å². The molecule has 0 aliphatic rings. The number of hydrazine groups is 1. The summed E-state index contributed by atoms with van der Waals surface area (Å²) in [4.78, 5) is 1.22. The zero-order valence-corrected chi connectivity index (χ0v) is 10.9. The molecule has 0 bridgehead atoms. The highest BCUT2D eigenvalue weighted by molar-refractivity contribution is 7.09. The largest absolute Gasteiger partial charge is 0.459 e. The first kappa shape index (κ1) is 12.3. The van der Waals surface area contributed by atoms with Crippen molar-refractivity contribution in [3.05, 3.63) is 58.2 Å². The first-order valence-corrected chi connectivity index (χ1v) is 6.82. The number of rotatable bonds is 4. The molecule has 0 saturated carbocycles. The SMILES string of the molecule is NNC(Cc1cccs1)c1cc2cc(F)ccc2o1. The minimum atomic E-state index is -0.268. The van der Waals surface area contributed by atoms with Gasteiger partial charge in [-0.25, -0.2) is 9.82 Å². The first-order chi connectivity index (χ1) is 9.26. The van der Waals surface area contributed by atoms with Gasteiger partial charge < -0.3 is 4.42 Å². The number of fused-ring (bicyclic) bond motifs is 1. The smallest absolute Gasteiger partial charge is 0.134 e. The summed E-state index contributed by atoms with van der Waals surface area (Å²) in [6, 6.07) is 10.2. The Bertz CT molecular complexity index is 678. The summed E-state index contributed by atoms with van der Waals surface area (Å²) >= 11 is 1.67. The van der Waals surface area contributed by atoms with Crippen molar-refractivity contribution in [2.75, 3.05) is 0 Å². The highest BCUT2D eigenvalue weighted by atomic mass is 32.1. The average molecular weight is 276 g/mol. The van der Waals surface area contributed by atoms with Crippen molar-refractivity contribution in [3.8, 4) is 0 Å². The molecular formula is C14H13FN2OS. The lowest BCUT2D eigenvalue weighted by Crippen LogP contribution is -2.29. The summed E-state index contributed by atoms with van der Waals surface area (Å²) in [5, 5.41) is 2.78. The fourth-order valence-electron chi connectivity index (χ4n) is 2.08. The van der Waals surface area contributed by atoms with Crippen molar-refractivity contribution in [1.29, 1.82) is 0 Å². The zero-order chi connectivity index (χ0) is 13.2. The van der Waals surface area contributed by atoms with Crippen LogP contribution in [-0.2, 0) is 6.42 Å². The van der Waals surface area contributed by atoms with E-state index >= 15 is 0 Å². The quantitative estimate of drug-likeness (QED) is 0.567. The van der Waals surface area contributed by atoms with Gasteiger partial charge in [0.15, 0.2) is 0 Å². The van der Waals surface area contributed by atoms with E-state index in [0.29, 0.717) is 5.58 Å². The fraction of sp³-hybridized carbons (Fsp3) is 0.143. The van der Waals surface area contributed by atoms with E-state index in [1.807, 2.05) is 17.5 Å². The number of benzene rings is 1. The molecule has 0 radical (unpaired) electrons. The van der Waals surface area contributed by atoms with Crippen LogP contribution >= 0.6 is 11.3 Å². The molecule has 2 aromatic heterocycles. The third-order valence-corrected chi connectivity index (χ3v) is 3.93. The lowest BCUT2D eigenvalue weighted by molar-refractivity contribution is 0.436. The van der Waals surface area contributed by atoms with E-state index in [0.717, 1.165) is 17.6 Å². The molecule has 19 heavy (non-hydrogen) atoms. The molecule has 1 aromatic carbocycles. The van der Waals surface area contributed by atoms with Crippen LogP contribution in [0.5, 0.6) is 0 Å². The number of thiophene rings is 1. The molecule has 3 rings (SSSR count). The van der Waals surface area contributed by atoms with Gasteiger partial charge in [-0.2, -0.15) is 0 Å². The van der Waals surface area contributed by atoms with Crippen molar-refractivity contribution < 1.29 is 8.81 Å². The molecule has 0 fully saturated rings. The first-order valence-electron chi connectivity index (χ1n) is 5.94. The summed E-state index contributed by atoms with van der Waals surface area (Å²) in [7, 11) is 0. The van der Waals surface area contributed by atoms with Gasteiger partial charge in [0.25, 0.3) is 0 Å². The van der Waals surface area contributed by atoms with Gasteiger partial charge in [-0.05, 0) is 35.7 Å². The fourth-order valence-corrected chi connectivity index (χ4v) is 2.83. The maximum absolute atomic E-state index is 13.2. The number of hydrogen-bond acceptors (Lipinski definition) is 4. The molecule has 98 valence electrons. The maximum atomic E-state index is 13.2. The number of nitrogens with two attached hydrogens (primary N) is 1. The van der Waals surface area contributed by atoms with Crippen LogP contribution in [0.4, 0.5) is 4.39 Å². The van der Waals surface area contributed by atoms with Crippen LogP contribution in [0.15, 0.2) is 46.2 Å². The van der Waals surface area contributed by atoms with Crippen LogP contribution < -0.4 is 11.3 Å². The molecule has 0 aliphatic carbocycles. The van der Waals surface area contributed by atoms with Gasteiger partial charge in [0, 0.05) is 16.7 Å². The molecule has 5 heteroatoms. The molecule has 3 nitrogen and oxygen atoms in total. The third-order valence-electron chi connectivity index (χ3n) is 3.03. The van der Waals surface area contributed by atoms with Gasteiger partial charge in [-0.15, -0.1) is 11.3 Å². The third kappa shape index (κ3) is 2.53. The molecule has 1 atom stereocenters. The van der Waals surface area contributed by atoms with E-state index in [4.69, 9.17) is 10.3 Å². The lowest BCUT2D eigenvalue weighted by atomic mass is 10.1. The van der Waals surface area contributed by atoms with E-state index in [1.165, 1.54) is 17.0 Å². The molecule has 0 spiro atoms. The van der Waals surface area contributed by atoms with Gasteiger partial charge in [0.2, 0.25) is 0 Å². The Hall–Kier alpha value is -1.69. The van der Waals surface area contributed by atoms with E-state index in [-0.39, 0.29) is 11.9 Å². The second kappa shape index (κ2) is 5.13. The highest BCUT2D eigenvalue weighted by Gasteiger charge is 2.16. The predicted octanol–water partition coefficient (Wildman–Crippen LogP) is 3.38. The van der Waals surface area contributed by atoms with Crippen molar-refractivity contribution in [2.45, 2.75) is 12.5 Å². The second-order valence-electron chi connectivity index (χ2n) is 4.33. The Kier molecular flexibility index (Phi) is 3.33. The van der Waals surface area contributed by atoms with Crippen molar-refractivity contribution in [1.82, 2.24) is 5.43 Å². The molecule has 1 unspecified atom stereocenters. The standard InChI is InChI=1S/C14H13FN2OS/c15-10-3-4-13-9(6-10)7-14(18-13)12(17-16)8-11-2-1-5-19-11/h1-7,12,17H,8,16H2. The average Bonchev–Trinajstić information content (AvgIpc) is 3.03. The van der Waals surface area contributed by atoms with Crippen LogP contribution in [0.3, 0.4) is 0 Å². The van der Waals surface area contributed by atoms with Crippen LogP contribution in [-0.4, -0.2) is 0 Å². The summed E-state index contributed by atoms with van der Waals surface area (Å²) in [5.41, 5.74) is 3.42. The monoisotopic (exact) mass is 276 g/mol. The normalized spacial score (nSPS) is 12.9. The van der Waals surface area contributed by atoms with Crippen LogP contribution in [0.25, 0.3) is 11.0 Å². The Morgan fingerprint density at radius 2 is 2.21 bits per heavy atom. The maximum Gasteiger partial charge on any atom is 0.134 e. The minimum absolute atomic E-state index is 0.117. The molecular weight excluding hydrogens is 263 g/mol. The number of hydrogen-bond donors (Lipinski definition) is 2. The number of halogens is 1. The van der Waals surface area contributed by atoms with Gasteiger partial charge in [-0.1, -0.05) is 6.07 Å². The van der Waals surface area contributed by atoms with Crippen molar-refractivity contribution >= 4 is 22.3 Å². The van der Waals surface area contributed by atoms with Crippen LogP contribution in [0.2, 0.25) is 0 Å². The summed E-state index contributed by atoms with van der Waals surface area (Å²) in [6.45, 7) is 0. The van der Waals surface area contributed by atoms with Crippen LogP contribution in [0, 0.1) is 5.82 Å². The molecule has 0 saturated heterocycles. The van der Waals surface area contributed by atoms with Crippen molar-refractivity contribution in [3.63, 3.8) is 0 Å². The Morgan fingerprint density at radius 1 is 1.32 bits per heavy atom. The molecule has 0 amide bonds. The lowest BCUT2D eigenvalue weighted by Gasteiger charge is -2.11. The Labute approximate surface area is 113 Å². The van der Waals surface area contributed by atoms with E-state index in [9.17, 15) is 4.39 Å². The predicted molar refractivity (Wildman–Crippen MR) is 74.3 cm³/mol. The highest BCUT2D eigenvalue weighted by Crippen LogP contribution is 2.27. The minimum Gasteiger partial charge on any atom is -0.459 e. The van der Waals surface area contributed by atoms with Gasteiger partial charge in [0.05, 0.1) is 6.04 Å². The summed E-state index contributed by atoms with van der Waals surface area (Å²) in [5.74, 6) is 6.04. The summed E-state index contributed by atoms with van der Waals surface area (Å²) < 4.78 is 18.9. The number of furan rings is 1.